The Labute approximate surface area is 170 Å². The minimum Gasteiger partial charge on any atom is -0.342 e. The highest BCUT2D eigenvalue weighted by atomic mass is 32.2. The van der Waals surface area contributed by atoms with Crippen molar-refractivity contribution in [3.8, 4) is 0 Å². The molecule has 1 aliphatic heterocycles. The van der Waals surface area contributed by atoms with Gasteiger partial charge in [0.25, 0.3) is 0 Å². The van der Waals surface area contributed by atoms with Gasteiger partial charge in [0.1, 0.15) is 0 Å². The number of carbonyl (C=O) groups excluding carboxylic acids is 1. The maximum absolute atomic E-state index is 12.2. The summed E-state index contributed by atoms with van der Waals surface area (Å²) in [4.78, 5) is 21.1. The van der Waals surface area contributed by atoms with Crippen molar-refractivity contribution in [1.82, 2.24) is 9.88 Å². The topological polar surface area (TPSA) is 33.2 Å². The van der Waals surface area contributed by atoms with Crippen LogP contribution in [0.5, 0.6) is 0 Å². The van der Waals surface area contributed by atoms with Gasteiger partial charge in [0.2, 0.25) is 5.91 Å². The highest BCUT2D eigenvalue weighted by Crippen LogP contribution is 2.46. The monoisotopic (exact) mass is 388 g/mol. The lowest BCUT2D eigenvalue weighted by atomic mass is 9.63. The van der Waals surface area contributed by atoms with E-state index in [1.165, 1.54) is 31.7 Å². The highest BCUT2D eigenvalue weighted by Gasteiger charge is 2.46. The third-order valence-electron chi connectivity index (χ3n) is 6.69. The molecule has 1 amide bonds. The molecule has 2 aliphatic rings. The van der Waals surface area contributed by atoms with Gasteiger partial charge in [-0.05, 0) is 47.9 Å². The number of benzene rings is 2. The summed E-state index contributed by atoms with van der Waals surface area (Å²) >= 11 is 1.79. The number of likely N-dealkylation sites (N-methyl/N-ethyl adjacent to an activating group) is 1. The van der Waals surface area contributed by atoms with E-state index in [0.717, 1.165) is 19.3 Å². The van der Waals surface area contributed by atoms with Gasteiger partial charge in [-0.3, -0.25) is 9.78 Å². The number of likely N-dealkylation sites (tertiary alicyclic amines) is 1. The average Bonchev–Trinajstić information content (AvgIpc) is 2.71. The van der Waals surface area contributed by atoms with E-state index >= 15 is 0 Å². The van der Waals surface area contributed by atoms with Crippen molar-refractivity contribution in [3.05, 3.63) is 66.0 Å². The Bertz CT molecular complexity index is 1070. The molecular weight excluding hydrogens is 364 g/mol. The Balaban J connectivity index is 1.50. The molecule has 1 fully saturated rings. The zero-order valence-electron chi connectivity index (χ0n) is 16.3. The van der Waals surface area contributed by atoms with Crippen molar-refractivity contribution in [3.63, 3.8) is 0 Å². The molecule has 0 radical (unpaired) electrons. The largest absolute Gasteiger partial charge is 0.342 e. The van der Waals surface area contributed by atoms with Crippen LogP contribution < -0.4 is 0 Å². The number of hydrogen-bond donors (Lipinski definition) is 0. The van der Waals surface area contributed by atoms with Crippen molar-refractivity contribution >= 4 is 28.4 Å². The Morgan fingerprint density at radius 2 is 2.00 bits per heavy atom. The molecule has 0 N–H and O–H groups in total. The summed E-state index contributed by atoms with van der Waals surface area (Å²) < 4.78 is 0. The molecular formula is C24H24N2OS. The molecule has 28 heavy (non-hydrogen) atoms. The van der Waals surface area contributed by atoms with Gasteiger partial charge in [0.05, 0.1) is 0 Å². The fraction of sp³-hybridized carbons (Fsp3) is 0.333. The summed E-state index contributed by atoms with van der Waals surface area (Å²) in [5.41, 5.74) is 2.95. The van der Waals surface area contributed by atoms with Crippen molar-refractivity contribution in [2.24, 2.45) is 0 Å². The molecule has 3 nitrogen and oxygen atoms in total. The molecule has 0 spiro atoms. The fourth-order valence-electron chi connectivity index (χ4n) is 5.12. The van der Waals surface area contributed by atoms with Gasteiger partial charge in [-0.2, -0.15) is 0 Å². The van der Waals surface area contributed by atoms with Gasteiger partial charge in [-0.1, -0.05) is 49.0 Å². The summed E-state index contributed by atoms with van der Waals surface area (Å²) in [7, 11) is 1.98. The lowest BCUT2D eigenvalue weighted by molar-refractivity contribution is -0.138. The molecule has 0 bridgehead atoms. The molecule has 3 aromatic rings. The van der Waals surface area contributed by atoms with E-state index in [2.05, 4.69) is 54.4 Å². The third-order valence-corrected chi connectivity index (χ3v) is 7.73. The van der Waals surface area contributed by atoms with Crippen LogP contribution in [-0.2, 0) is 16.6 Å². The zero-order valence-corrected chi connectivity index (χ0v) is 17.1. The molecule has 1 saturated heterocycles. The summed E-state index contributed by atoms with van der Waals surface area (Å²) in [5, 5.41) is 2.43. The van der Waals surface area contributed by atoms with Gasteiger partial charge in [-0.15, -0.1) is 0 Å². The minimum absolute atomic E-state index is 0.0699. The van der Waals surface area contributed by atoms with E-state index in [1.54, 1.807) is 11.8 Å². The van der Waals surface area contributed by atoms with Crippen molar-refractivity contribution in [2.75, 3.05) is 7.05 Å². The number of fused-ring (bicyclic) bond motifs is 4. The number of nitrogens with zero attached hydrogens (tertiary/aromatic N) is 2. The SMILES string of the molecule is CN1C(=O)CC[C@]2(C)c3ccc(Sc4cncc5ccccc45)cc3CCC12. The molecule has 4 heteroatoms. The molecule has 2 atom stereocenters. The predicted molar refractivity (Wildman–Crippen MR) is 114 cm³/mol. The molecule has 1 aromatic heterocycles. The number of carbonyl (C=O) groups is 1. The second kappa shape index (κ2) is 6.63. The second-order valence-corrected chi connectivity index (χ2v) is 9.37. The van der Waals surface area contributed by atoms with Crippen LogP contribution in [0.15, 0.2) is 64.6 Å². The fourth-order valence-corrected chi connectivity index (χ4v) is 6.12. The molecule has 1 aliphatic carbocycles. The molecule has 2 heterocycles. The van der Waals surface area contributed by atoms with E-state index in [1.807, 2.05) is 24.3 Å². The van der Waals surface area contributed by atoms with Gasteiger partial charge < -0.3 is 4.90 Å². The number of aromatic nitrogens is 1. The Hall–Kier alpha value is -2.33. The Kier molecular flexibility index (Phi) is 4.20. The van der Waals surface area contributed by atoms with Crippen molar-refractivity contribution < 1.29 is 4.79 Å². The van der Waals surface area contributed by atoms with E-state index in [0.29, 0.717) is 18.4 Å². The van der Waals surface area contributed by atoms with Gasteiger partial charge >= 0.3 is 0 Å². The summed E-state index contributed by atoms with van der Waals surface area (Å²) in [6.07, 6.45) is 7.58. The number of aryl methyl sites for hydroxylation is 1. The minimum atomic E-state index is 0.0699. The van der Waals surface area contributed by atoms with Crippen molar-refractivity contribution in [1.29, 1.82) is 0 Å². The predicted octanol–water partition coefficient (Wildman–Crippen LogP) is 5.21. The smallest absolute Gasteiger partial charge is 0.222 e. The first-order valence-electron chi connectivity index (χ1n) is 9.96. The lowest BCUT2D eigenvalue weighted by Crippen LogP contribution is -2.56. The number of amides is 1. The maximum Gasteiger partial charge on any atom is 0.222 e. The molecule has 0 saturated carbocycles. The molecule has 2 aromatic carbocycles. The standard InChI is InChI=1S/C24H24N2OS/c1-24-12-11-23(27)26(2)22(24)10-7-16-13-18(8-9-20(16)24)28-21-15-25-14-17-5-3-4-6-19(17)21/h3-6,8-9,13-15,22H,7,10-12H2,1-2H3/t22?,24-/m1/s1. The van der Waals surface area contributed by atoms with Crippen LogP contribution in [0.3, 0.4) is 0 Å². The van der Waals surface area contributed by atoms with E-state index in [-0.39, 0.29) is 5.41 Å². The summed E-state index contributed by atoms with van der Waals surface area (Å²) in [6.45, 7) is 2.35. The Morgan fingerprint density at radius 1 is 1.14 bits per heavy atom. The Morgan fingerprint density at radius 3 is 2.89 bits per heavy atom. The number of hydrogen-bond acceptors (Lipinski definition) is 3. The first-order valence-corrected chi connectivity index (χ1v) is 10.8. The number of pyridine rings is 1. The molecule has 1 unspecified atom stereocenters. The van der Waals surface area contributed by atoms with Crippen LogP contribution in [0.2, 0.25) is 0 Å². The first-order chi connectivity index (χ1) is 13.6. The maximum atomic E-state index is 12.2. The van der Waals surface area contributed by atoms with Crippen LogP contribution in [0.4, 0.5) is 0 Å². The van der Waals surface area contributed by atoms with Crippen LogP contribution in [0, 0.1) is 0 Å². The molecule has 5 rings (SSSR count). The normalized spacial score (nSPS) is 24.1. The zero-order chi connectivity index (χ0) is 19.3. The van der Waals surface area contributed by atoms with Crippen LogP contribution >= 0.6 is 11.8 Å². The third kappa shape index (κ3) is 2.74. The van der Waals surface area contributed by atoms with Gasteiger partial charge in [0.15, 0.2) is 0 Å². The van der Waals surface area contributed by atoms with Gasteiger partial charge in [0, 0.05) is 52.5 Å². The quantitative estimate of drug-likeness (QED) is 0.604. The number of piperidine rings is 1. The lowest BCUT2D eigenvalue weighted by Gasteiger charge is -2.50. The van der Waals surface area contributed by atoms with Crippen molar-refractivity contribution in [2.45, 2.75) is 53.9 Å². The highest BCUT2D eigenvalue weighted by molar-refractivity contribution is 7.99. The molecule has 142 valence electrons. The second-order valence-electron chi connectivity index (χ2n) is 8.26. The summed E-state index contributed by atoms with van der Waals surface area (Å²) in [5.74, 6) is 0.293. The van der Waals surface area contributed by atoms with Gasteiger partial charge in [-0.25, -0.2) is 0 Å². The summed E-state index contributed by atoms with van der Waals surface area (Å²) in [6, 6.07) is 15.7. The average molecular weight is 389 g/mol. The van der Waals surface area contributed by atoms with E-state index < -0.39 is 0 Å². The van der Waals surface area contributed by atoms with Crippen LogP contribution in [0.1, 0.15) is 37.3 Å². The van der Waals surface area contributed by atoms with Crippen LogP contribution in [-0.4, -0.2) is 28.9 Å². The number of rotatable bonds is 2. The van der Waals surface area contributed by atoms with Crippen LogP contribution in [0.25, 0.3) is 10.8 Å². The van der Waals surface area contributed by atoms with E-state index in [9.17, 15) is 4.79 Å². The first kappa shape index (κ1) is 17.7. The van der Waals surface area contributed by atoms with E-state index in [4.69, 9.17) is 0 Å².